The summed E-state index contributed by atoms with van der Waals surface area (Å²) in [5, 5.41) is 0. The van der Waals surface area contributed by atoms with Crippen LogP contribution in [0.4, 0.5) is 0 Å². The van der Waals surface area contributed by atoms with Crippen molar-refractivity contribution in [1.82, 2.24) is 4.90 Å². The molecule has 2 aliphatic rings. The summed E-state index contributed by atoms with van der Waals surface area (Å²) in [7, 11) is 0. The highest BCUT2D eigenvalue weighted by Crippen LogP contribution is 2.52. The van der Waals surface area contributed by atoms with Crippen LogP contribution in [0.15, 0.2) is 0 Å². The fourth-order valence-electron chi connectivity index (χ4n) is 2.46. The first-order valence-electron chi connectivity index (χ1n) is 5.45. The van der Waals surface area contributed by atoms with E-state index in [0.717, 1.165) is 11.3 Å². The predicted octanol–water partition coefficient (Wildman–Crippen LogP) is 2.52. The average molecular weight is 167 g/mol. The van der Waals surface area contributed by atoms with Crippen molar-refractivity contribution >= 4 is 0 Å². The van der Waals surface area contributed by atoms with Gasteiger partial charge in [0.2, 0.25) is 0 Å². The van der Waals surface area contributed by atoms with E-state index in [4.69, 9.17) is 0 Å². The molecule has 0 spiro atoms. The fraction of sp³-hybridized carbons (Fsp3) is 1.00. The van der Waals surface area contributed by atoms with E-state index in [-0.39, 0.29) is 0 Å². The summed E-state index contributed by atoms with van der Waals surface area (Å²) in [4.78, 5) is 2.67. The molecule has 0 radical (unpaired) electrons. The molecule has 2 rings (SSSR count). The lowest BCUT2D eigenvalue weighted by molar-refractivity contribution is 0.218. The molecule has 0 aromatic rings. The standard InChI is InChI=1S/C11H21N/c1-10(2)11(5-6-11)9-12-7-3-4-8-12/h10H,3-9H2,1-2H3. The van der Waals surface area contributed by atoms with Crippen molar-refractivity contribution in [2.24, 2.45) is 11.3 Å². The van der Waals surface area contributed by atoms with E-state index in [1.54, 1.807) is 0 Å². The van der Waals surface area contributed by atoms with E-state index in [2.05, 4.69) is 18.7 Å². The molecule has 1 heterocycles. The number of hydrogen-bond donors (Lipinski definition) is 0. The fourth-order valence-corrected chi connectivity index (χ4v) is 2.46. The molecule has 0 amide bonds. The lowest BCUT2D eigenvalue weighted by Gasteiger charge is -2.25. The van der Waals surface area contributed by atoms with Crippen LogP contribution in [0.25, 0.3) is 0 Å². The van der Waals surface area contributed by atoms with Crippen LogP contribution in [-0.2, 0) is 0 Å². The Bertz CT molecular complexity index is 152. The van der Waals surface area contributed by atoms with Crippen molar-refractivity contribution in [3.8, 4) is 0 Å². The summed E-state index contributed by atoms with van der Waals surface area (Å²) in [6.45, 7) is 8.92. The molecule has 70 valence electrons. The molecule has 1 aliphatic heterocycles. The van der Waals surface area contributed by atoms with Gasteiger partial charge in [0.05, 0.1) is 0 Å². The lowest BCUT2D eigenvalue weighted by Crippen LogP contribution is -2.30. The molecular weight excluding hydrogens is 146 g/mol. The minimum atomic E-state index is 0.740. The zero-order valence-corrected chi connectivity index (χ0v) is 8.47. The number of hydrogen-bond acceptors (Lipinski definition) is 1. The molecule has 0 aromatic heterocycles. The molecule has 1 saturated heterocycles. The normalized spacial score (nSPS) is 28.2. The molecule has 1 nitrogen and oxygen atoms in total. The summed E-state index contributed by atoms with van der Waals surface area (Å²) in [6, 6.07) is 0. The third kappa shape index (κ3) is 1.52. The Morgan fingerprint density at radius 3 is 2.17 bits per heavy atom. The smallest absolute Gasteiger partial charge is 0.00404 e. The Morgan fingerprint density at radius 1 is 1.17 bits per heavy atom. The first-order valence-corrected chi connectivity index (χ1v) is 5.45. The second kappa shape index (κ2) is 3.02. The average Bonchev–Trinajstić information content (AvgIpc) is 2.60. The van der Waals surface area contributed by atoms with Crippen LogP contribution in [-0.4, -0.2) is 24.5 Å². The maximum atomic E-state index is 2.67. The van der Waals surface area contributed by atoms with Crippen LogP contribution in [0.5, 0.6) is 0 Å². The molecule has 0 unspecified atom stereocenters. The topological polar surface area (TPSA) is 3.24 Å². The molecule has 0 N–H and O–H groups in total. The monoisotopic (exact) mass is 167 g/mol. The maximum Gasteiger partial charge on any atom is 0.00404 e. The van der Waals surface area contributed by atoms with E-state index in [1.807, 2.05) is 0 Å². The third-order valence-electron chi connectivity index (χ3n) is 3.85. The van der Waals surface area contributed by atoms with Gasteiger partial charge in [-0.2, -0.15) is 0 Å². The highest BCUT2D eigenvalue weighted by molar-refractivity contribution is 4.98. The van der Waals surface area contributed by atoms with Gasteiger partial charge in [0.1, 0.15) is 0 Å². The number of likely N-dealkylation sites (tertiary alicyclic amines) is 1. The van der Waals surface area contributed by atoms with Gasteiger partial charge in [-0.05, 0) is 50.1 Å². The van der Waals surface area contributed by atoms with Crippen LogP contribution < -0.4 is 0 Å². The Balaban J connectivity index is 1.85. The summed E-state index contributed by atoms with van der Waals surface area (Å²) < 4.78 is 0. The second-order valence-corrected chi connectivity index (χ2v) is 5.00. The van der Waals surface area contributed by atoms with Gasteiger partial charge in [-0.15, -0.1) is 0 Å². The van der Waals surface area contributed by atoms with Crippen LogP contribution in [0.1, 0.15) is 39.5 Å². The summed E-state index contributed by atoms with van der Waals surface area (Å²) in [5.74, 6) is 0.901. The van der Waals surface area contributed by atoms with E-state index in [1.165, 1.54) is 45.3 Å². The van der Waals surface area contributed by atoms with Crippen molar-refractivity contribution in [2.45, 2.75) is 39.5 Å². The lowest BCUT2D eigenvalue weighted by atomic mass is 9.92. The molecular formula is C11H21N. The molecule has 0 aromatic carbocycles. The highest BCUT2D eigenvalue weighted by atomic mass is 15.1. The van der Waals surface area contributed by atoms with Crippen LogP contribution in [0.2, 0.25) is 0 Å². The van der Waals surface area contributed by atoms with Crippen molar-refractivity contribution in [1.29, 1.82) is 0 Å². The molecule has 1 heteroatoms. The van der Waals surface area contributed by atoms with Gasteiger partial charge in [-0.25, -0.2) is 0 Å². The van der Waals surface area contributed by atoms with Crippen LogP contribution in [0, 0.1) is 11.3 Å². The minimum absolute atomic E-state index is 0.740. The van der Waals surface area contributed by atoms with E-state index < -0.39 is 0 Å². The van der Waals surface area contributed by atoms with E-state index >= 15 is 0 Å². The van der Waals surface area contributed by atoms with Crippen molar-refractivity contribution in [2.75, 3.05) is 19.6 Å². The molecule has 2 fully saturated rings. The first-order chi connectivity index (χ1) is 5.73. The zero-order chi connectivity index (χ0) is 8.60. The summed E-state index contributed by atoms with van der Waals surface area (Å²) in [6.07, 6.45) is 5.85. The predicted molar refractivity (Wildman–Crippen MR) is 52.2 cm³/mol. The van der Waals surface area contributed by atoms with Crippen molar-refractivity contribution in [3.63, 3.8) is 0 Å². The highest BCUT2D eigenvalue weighted by Gasteiger charge is 2.46. The van der Waals surface area contributed by atoms with Gasteiger partial charge in [-0.3, -0.25) is 0 Å². The maximum absolute atomic E-state index is 2.67. The molecule has 0 bridgehead atoms. The van der Waals surface area contributed by atoms with Crippen LogP contribution >= 0.6 is 0 Å². The quantitative estimate of drug-likeness (QED) is 0.624. The SMILES string of the molecule is CC(C)C1(CN2CCCC2)CC1. The van der Waals surface area contributed by atoms with E-state index in [0.29, 0.717) is 0 Å². The Morgan fingerprint density at radius 2 is 1.75 bits per heavy atom. The Labute approximate surface area is 76.1 Å². The number of nitrogens with zero attached hydrogens (tertiary/aromatic N) is 1. The molecule has 12 heavy (non-hydrogen) atoms. The third-order valence-corrected chi connectivity index (χ3v) is 3.85. The summed E-state index contributed by atoms with van der Waals surface area (Å²) in [5.41, 5.74) is 0.740. The van der Waals surface area contributed by atoms with E-state index in [9.17, 15) is 0 Å². The first kappa shape index (κ1) is 8.55. The van der Waals surface area contributed by atoms with Gasteiger partial charge < -0.3 is 4.90 Å². The summed E-state index contributed by atoms with van der Waals surface area (Å²) >= 11 is 0. The van der Waals surface area contributed by atoms with Crippen molar-refractivity contribution < 1.29 is 0 Å². The zero-order valence-electron chi connectivity index (χ0n) is 8.47. The van der Waals surface area contributed by atoms with Gasteiger partial charge >= 0.3 is 0 Å². The Kier molecular flexibility index (Phi) is 2.16. The number of rotatable bonds is 3. The van der Waals surface area contributed by atoms with Gasteiger partial charge in [0.25, 0.3) is 0 Å². The molecule has 0 atom stereocenters. The Hall–Kier alpha value is -0.0400. The minimum Gasteiger partial charge on any atom is -0.303 e. The largest absolute Gasteiger partial charge is 0.303 e. The molecule has 1 saturated carbocycles. The van der Waals surface area contributed by atoms with Crippen molar-refractivity contribution in [3.05, 3.63) is 0 Å². The van der Waals surface area contributed by atoms with Gasteiger partial charge in [0, 0.05) is 6.54 Å². The molecule has 1 aliphatic carbocycles. The van der Waals surface area contributed by atoms with Gasteiger partial charge in [-0.1, -0.05) is 13.8 Å². The van der Waals surface area contributed by atoms with Crippen LogP contribution in [0.3, 0.4) is 0 Å². The van der Waals surface area contributed by atoms with Gasteiger partial charge in [0.15, 0.2) is 0 Å². The second-order valence-electron chi connectivity index (χ2n) is 5.00.